The van der Waals surface area contributed by atoms with Crippen molar-refractivity contribution in [2.45, 2.75) is 32.4 Å². The Kier molecular flexibility index (Phi) is 3.80. The molecule has 110 valence electrons. The number of hydrogen-bond donors (Lipinski definition) is 1. The fraction of sp³-hybridized carbons (Fsp3) is 0.400. The van der Waals surface area contributed by atoms with Gasteiger partial charge in [-0.05, 0) is 48.0 Å². The zero-order valence-electron chi connectivity index (χ0n) is 12.0. The van der Waals surface area contributed by atoms with Crippen LogP contribution in [0.1, 0.15) is 20.3 Å². The smallest absolute Gasteiger partial charge is 0.225 e. The molecule has 1 amide bonds. The standard InChI is InChI=1S/C15H17BrN4O/c1-9(2)20-8-12(6-14(20)21)18-13-4-3-10-5-11(16)7-17-15(10)19-13/h3-5,7,9,12H,6,8H2,1-2H3,(H,17,18,19). The molecule has 21 heavy (non-hydrogen) atoms. The average Bonchev–Trinajstić information content (AvgIpc) is 2.80. The van der Waals surface area contributed by atoms with Crippen molar-refractivity contribution in [3.8, 4) is 0 Å². The molecule has 5 nitrogen and oxygen atoms in total. The molecule has 1 saturated heterocycles. The van der Waals surface area contributed by atoms with Gasteiger partial charge < -0.3 is 10.2 Å². The molecule has 0 radical (unpaired) electrons. The second kappa shape index (κ2) is 5.60. The summed E-state index contributed by atoms with van der Waals surface area (Å²) in [5.41, 5.74) is 0.702. The fourth-order valence-electron chi connectivity index (χ4n) is 2.60. The summed E-state index contributed by atoms with van der Waals surface area (Å²) in [5.74, 6) is 0.964. The van der Waals surface area contributed by atoms with Crippen LogP contribution in [0.2, 0.25) is 0 Å². The van der Waals surface area contributed by atoms with Crippen molar-refractivity contribution in [2.24, 2.45) is 0 Å². The number of aromatic nitrogens is 2. The first-order valence-electron chi connectivity index (χ1n) is 7.01. The van der Waals surface area contributed by atoms with Crippen molar-refractivity contribution in [2.75, 3.05) is 11.9 Å². The van der Waals surface area contributed by atoms with Gasteiger partial charge >= 0.3 is 0 Å². The Balaban J connectivity index is 1.77. The van der Waals surface area contributed by atoms with Crippen molar-refractivity contribution in [3.63, 3.8) is 0 Å². The molecule has 1 unspecified atom stereocenters. The number of nitrogens with one attached hydrogen (secondary N) is 1. The summed E-state index contributed by atoms with van der Waals surface area (Å²) in [6.07, 6.45) is 2.25. The lowest BCUT2D eigenvalue weighted by molar-refractivity contribution is -0.129. The van der Waals surface area contributed by atoms with Crippen molar-refractivity contribution >= 4 is 38.7 Å². The van der Waals surface area contributed by atoms with E-state index in [4.69, 9.17) is 0 Å². The van der Waals surface area contributed by atoms with Crippen LogP contribution in [0.15, 0.2) is 28.9 Å². The molecule has 2 aromatic rings. The quantitative estimate of drug-likeness (QED) is 0.926. The molecular weight excluding hydrogens is 332 g/mol. The molecule has 1 N–H and O–H groups in total. The van der Waals surface area contributed by atoms with Gasteiger partial charge in [-0.15, -0.1) is 0 Å². The third kappa shape index (κ3) is 3.00. The number of pyridine rings is 2. The number of carbonyl (C=O) groups excluding carboxylic acids is 1. The van der Waals surface area contributed by atoms with Crippen molar-refractivity contribution in [1.82, 2.24) is 14.9 Å². The molecule has 0 bridgehead atoms. The Hall–Kier alpha value is -1.69. The summed E-state index contributed by atoms with van der Waals surface area (Å²) >= 11 is 3.40. The minimum Gasteiger partial charge on any atom is -0.365 e. The summed E-state index contributed by atoms with van der Waals surface area (Å²) in [4.78, 5) is 22.6. The number of carbonyl (C=O) groups is 1. The predicted molar refractivity (Wildman–Crippen MR) is 86.1 cm³/mol. The Labute approximate surface area is 131 Å². The lowest BCUT2D eigenvalue weighted by Crippen LogP contribution is -2.33. The van der Waals surface area contributed by atoms with Gasteiger partial charge in [0.1, 0.15) is 5.82 Å². The van der Waals surface area contributed by atoms with Gasteiger partial charge in [-0.25, -0.2) is 9.97 Å². The van der Waals surface area contributed by atoms with Gasteiger partial charge in [-0.1, -0.05) is 0 Å². The van der Waals surface area contributed by atoms with E-state index in [0.717, 1.165) is 22.2 Å². The van der Waals surface area contributed by atoms with Gasteiger partial charge in [0.05, 0.1) is 6.04 Å². The van der Waals surface area contributed by atoms with E-state index in [1.54, 1.807) is 6.20 Å². The van der Waals surface area contributed by atoms with Gasteiger partial charge in [0.2, 0.25) is 5.91 Å². The summed E-state index contributed by atoms with van der Waals surface area (Å²) in [5, 5.41) is 4.32. The van der Waals surface area contributed by atoms with Crippen LogP contribution >= 0.6 is 15.9 Å². The summed E-state index contributed by atoms with van der Waals surface area (Å²) in [6.45, 7) is 4.80. The maximum atomic E-state index is 11.9. The van der Waals surface area contributed by atoms with Crippen LogP contribution < -0.4 is 5.32 Å². The second-order valence-corrected chi connectivity index (χ2v) is 6.50. The molecule has 0 saturated carbocycles. The van der Waals surface area contributed by atoms with Crippen molar-refractivity contribution < 1.29 is 4.79 Å². The molecule has 1 aliphatic heterocycles. The minimum atomic E-state index is 0.111. The highest BCUT2D eigenvalue weighted by Crippen LogP contribution is 2.21. The van der Waals surface area contributed by atoms with Crippen LogP contribution in [0.5, 0.6) is 0 Å². The molecule has 3 rings (SSSR count). The lowest BCUT2D eigenvalue weighted by Gasteiger charge is -2.21. The molecule has 6 heteroatoms. The third-order valence-corrected chi connectivity index (χ3v) is 4.08. The third-order valence-electron chi connectivity index (χ3n) is 3.64. The second-order valence-electron chi connectivity index (χ2n) is 5.58. The Morgan fingerprint density at radius 2 is 2.24 bits per heavy atom. The number of anilines is 1. The predicted octanol–water partition coefficient (Wildman–Crippen LogP) is 2.81. The first-order chi connectivity index (χ1) is 10.0. The fourth-order valence-corrected chi connectivity index (χ4v) is 2.95. The van der Waals surface area contributed by atoms with Crippen LogP contribution in [-0.4, -0.2) is 39.4 Å². The number of fused-ring (bicyclic) bond motifs is 1. The largest absolute Gasteiger partial charge is 0.365 e. The van der Waals surface area contributed by atoms with Gasteiger partial charge in [-0.3, -0.25) is 4.79 Å². The molecule has 0 spiro atoms. The van der Waals surface area contributed by atoms with E-state index < -0.39 is 0 Å². The van der Waals surface area contributed by atoms with E-state index in [1.807, 2.05) is 36.9 Å². The maximum Gasteiger partial charge on any atom is 0.225 e. The van der Waals surface area contributed by atoms with E-state index in [2.05, 4.69) is 31.2 Å². The molecule has 1 fully saturated rings. The zero-order chi connectivity index (χ0) is 15.0. The van der Waals surface area contributed by atoms with Gasteiger partial charge in [0, 0.05) is 35.1 Å². The summed E-state index contributed by atoms with van der Waals surface area (Å²) in [7, 11) is 0. The molecule has 1 atom stereocenters. The van der Waals surface area contributed by atoms with E-state index >= 15 is 0 Å². The Morgan fingerprint density at radius 3 is 2.95 bits per heavy atom. The number of amides is 1. The Bertz CT molecular complexity index is 688. The van der Waals surface area contributed by atoms with Crippen LogP contribution in [-0.2, 0) is 4.79 Å². The van der Waals surface area contributed by atoms with Crippen LogP contribution in [0.25, 0.3) is 11.0 Å². The zero-order valence-corrected chi connectivity index (χ0v) is 13.6. The van der Waals surface area contributed by atoms with E-state index in [0.29, 0.717) is 12.1 Å². The summed E-state index contributed by atoms with van der Waals surface area (Å²) < 4.78 is 0.937. The molecule has 0 aliphatic carbocycles. The monoisotopic (exact) mass is 348 g/mol. The number of hydrogen-bond acceptors (Lipinski definition) is 4. The first-order valence-corrected chi connectivity index (χ1v) is 7.80. The van der Waals surface area contributed by atoms with Gasteiger partial charge in [0.15, 0.2) is 5.65 Å². The minimum absolute atomic E-state index is 0.111. The van der Waals surface area contributed by atoms with E-state index in [-0.39, 0.29) is 18.0 Å². The summed E-state index contributed by atoms with van der Waals surface area (Å²) in [6, 6.07) is 6.25. The molecule has 0 aromatic carbocycles. The molecule has 1 aliphatic rings. The molecular formula is C15H17BrN4O. The first kappa shape index (κ1) is 14.3. The maximum absolute atomic E-state index is 11.9. The number of halogens is 1. The highest BCUT2D eigenvalue weighted by molar-refractivity contribution is 9.10. The highest BCUT2D eigenvalue weighted by atomic mass is 79.9. The van der Waals surface area contributed by atoms with E-state index in [1.165, 1.54) is 0 Å². The van der Waals surface area contributed by atoms with Crippen molar-refractivity contribution in [1.29, 1.82) is 0 Å². The van der Waals surface area contributed by atoms with Gasteiger partial charge in [0.25, 0.3) is 0 Å². The normalized spacial score (nSPS) is 18.8. The molecule has 2 aromatic heterocycles. The van der Waals surface area contributed by atoms with Gasteiger partial charge in [-0.2, -0.15) is 0 Å². The number of likely N-dealkylation sites (tertiary alicyclic amines) is 1. The average molecular weight is 349 g/mol. The Morgan fingerprint density at radius 1 is 1.43 bits per heavy atom. The molecule has 3 heterocycles. The van der Waals surface area contributed by atoms with Crippen LogP contribution in [0, 0.1) is 0 Å². The van der Waals surface area contributed by atoms with Crippen LogP contribution in [0.4, 0.5) is 5.82 Å². The van der Waals surface area contributed by atoms with Crippen molar-refractivity contribution in [3.05, 3.63) is 28.9 Å². The van der Waals surface area contributed by atoms with Crippen LogP contribution in [0.3, 0.4) is 0 Å². The van der Waals surface area contributed by atoms with E-state index in [9.17, 15) is 4.79 Å². The topological polar surface area (TPSA) is 58.1 Å². The number of nitrogens with zero attached hydrogens (tertiary/aromatic N) is 3. The highest BCUT2D eigenvalue weighted by Gasteiger charge is 2.31. The SMILES string of the molecule is CC(C)N1CC(Nc2ccc3cc(Br)cnc3n2)CC1=O. The number of rotatable bonds is 3. The lowest BCUT2D eigenvalue weighted by atomic mass is 10.2.